The second-order valence-corrected chi connectivity index (χ2v) is 8.69. The van der Waals surface area contributed by atoms with E-state index < -0.39 is 22.0 Å². The molecule has 162 valence electrons. The summed E-state index contributed by atoms with van der Waals surface area (Å²) in [5.74, 6) is -0.442. The van der Waals surface area contributed by atoms with E-state index in [1.54, 1.807) is 12.1 Å². The van der Waals surface area contributed by atoms with E-state index in [0.717, 1.165) is 36.8 Å². The first kappa shape index (κ1) is 23.1. The Morgan fingerprint density at radius 3 is 2.76 bits per heavy atom. The molecule has 0 spiro atoms. The summed E-state index contributed by atoms with van der Waals surface area (Å²) < 4.78 is 33.7. The molecule has 0 bridgehead atoms. The van der Waals surface area contributed by atoms with Gasteiger partial charge in [-0.2, -0.15) is 4.72 Å². The first-order chi connectivity index (χ1) is 13.8. The highest BCUT2D eigenvalue weighted by atomic mass is 32.2. The van der Waals surface area contributed by atoms with E-state index in [1.807, 2.05) is 6.07 Å². The maximum Gasteiger partial charge on any atom is 0.241 e. The van der Waals surface area contributed by atoms with Crippen LogP contribution in [0.15, 0.2) is 28.1 Å². The molecule has 0 radical (unpaired) electrons. The van der Waals surface area contributed by atoms with Gasteiger partial charge in [0.05, 0.1) is 11.5 Å². The smallest absolute Gasteiger partial charge is 0.241 e. The van der Waals surface area contributed by atoms with Crippen molar-refractivity contribution in [3.05, 3.63) is 29.3 Å². The highest BCUT2D eigenvalue weighted by molar-refractivity contribution is 7.89. The van der Waals surface area contributed by atoms with Crippen LogP contribution in [-0.2, 0) is 32.4 Å². The number of methoxy groups -OCH3 is 1. The number of nitrogens with two attached hydrogens (primary N) is 2. The van der Waals surface area contributed by atoms with Gasteiger partial charge in [0, 0.05) is 20.2 Å². The van der Waals surface area contributed by atoms with E-state index >= 15 is 0 Å². The SMILES string of the molecule is COCCNC(=O)C(CCCN=C(N)N)NS(=O)(=O)c1cccc2c1CCCC2. The summed E-state index contributed by atoms with van der Waals surface area (Å²) in [4.78, 5) is 16.7. The van der Waals surface area contributed by atoms with Crippen molar-refractivity contribution in [3.63, 3.8) is 0 Å². The number of carbonyl (C=O) groups is 1. The molecule has 0 fully saturated rings. The van der Waals surface area contributed by atoms with Gasteiger partial charge in [-0.05, 0) is 55.7 Å². The molecule has 1 amide bonds. The Kier molecular flexibility index (Phi) is 8.87. The maximum atomic E-state index is 13.1. The second-order valence-electron chi connectivity index (χ2n) is 7.01. The van der Waals surface area contributed by atoms with Crippen molar-refractivity contribution < 1.29 is 17.9 Å². The maximum absolute atomic E-state index is 13.1. The molecule has 0 heterocycles. The summed E-state index contributed by atoms with van der Waals surface area (Å²) in [5.41, 5.74) is 12.5. The summed E-state index contributed by atoms with van der Waals surface area (Å²) in [6.45, 7) is 0.945. The Balaban J connectivity index is 2.17. The molecule has 6 N–H and O–H groups in total. The van der Waals surface area contributed by atoms with Crippen molar-refractivity contribution in [1.29, 1.82) is 0 Å². The average molecular weight is 426 g/mol. The summed E-state index contributed by atoms with van der Waals surface area (Å²) in [6, 6.07) is 4.40. The Morgan fingerprint density at radius 1 is 1.28 bits per heavy atom. The molecule has 0 aliphatic heterocycles. The number of benzene rings is 1. The molecule has 9 nitrogen and oxygen atoms in total. The Bertz CT molecular complexity index is 822. The van der Waals surface area contributed by atoms with Gasteiger partial charge in [0.2, 0.25) is 15.9 Å². The van der Waals surface area contributed by atoms with E-state index in [0.29, 0.717) is 26.1 Å². The molecule has 2 rings (SSSR count). The minimum absolute atomic E-state index is 0.0393. The number of ether oxygens (including phenoxy) is 1. The standard InChI is InChI=1S/C19H31N5O4S/c1-28-13-12-22-18(25)16(9-5-11-23-19(20)21)24-29(26,27)17-10-4-7-14-6-2-3-8-15(14)17/h4,7,10,16,24H,2-3,5-6,8-9,11-13H2,1H3,(H,22,25)(H4,20,21,23). The highest BCUT2D eigenvalue weighted by Gasteiger charge is 2.28. The fourth-order valence-corrected chi connectivity index (χ4v) is 4.94. The number of aryl methyl sites for hydroxylation is 1. The quantitative estimate of drug-likeness (QED) is 0.223. The monoisotopic (exact) mass is 425 g/mol. The molecular weight excluding hydrogens is 394 g/mol. The number of sulfonamides is 1. The normalized spacial score (nSPS) is 14.7. The van der Waals surface area contributed by atoms with E-state index in [-0.39, 0.29) is 17.3 Å². The van der Waals surface area contributed by atoms with Crippen LogP contribution in [0.5, 0.6) is 0 Å². The predicted octanol–water partition coefficient (Wildman–Crippen LogP) is 0.0285. The Hall–Kier alpha value is -2.17. The van der Waals surface area contributed by atoms with Crippen LogP contribution in [0.1, 0.15) is 36.8 Å². The molecule has 29 heavy (non-hydrogen) atoms. The lowest BCUT2D eigenvalue weighted by atomic mass is 9.92. The summed E-state index contributed by atoms with van der Waals surface area (Å²) in [6.07, 6.45) is 4.33. The summed E-state index contributed by atoms with van der Waals surface area (Å²) in [5, 5.41) is 2.69. The number of carbonyl (C=O) groups excluding carboxylic acids is 1. The van der Waals surface area contributed by atoms with Crippen molar-refractivity contribution >= 4 is 21.9 Å². The first-order valence-electron chi connectivity index (χ1n) is 9.80. The number of nitrogens with zero attached hydrogens (tertiary/aromatic N) is 1. The molecule has 1 aliphatic rings. The van der Waals surface area contributed by atoms with Gasteiger partial charge in [-0.1, -0.05) is 12.1 Å². The molecule has 0 saturated carbocycles. The number of hydrogen-bond donors (Lipinski definition) is 4. The van der Waals surface area contributed by atoms with Crippen molar-refractivity contribution in [3.8, 4) is 0 Å². The van der Waals surface area contributed by atoms with Crippen LogP contribution >= 0.6 is 0 Å². The van der Waals surface area contributed by atoms with Crippen LogP contribution < -0.4 is 21.5 Å². The molecule has 1 aromatic carbocycles. The fraction of sp³-hybridized carbons (Fsp3) is 0.579. The summed E-state index contributed by atoms with van der Waals surface area (Å²) >= 11 is 0. The third-order valence-electron chi connectivity index (χ3n) is 4.81. The van der Waals surface area contributed by atoms with Crippen LogP contribution in [0.2, 0.25) is 0 Å². The van der Waals surface area contributed by atoms with Crippen LogP contribution in [-0.4, -0.2) is 53.1 Å². The van der Waals surface area contributed by atoms with Gasteiger partial charge >= 0.3 is 0 Å². The zero-order valence-corrected chi connectivity index (χ0v) is 17.6. The van der Waals surface area contributed by atoms with Gasteiger partial charge in [-0.15, -0.1) is 0 Å². The number of aliphatic imine (C=N–C) groups is 1. The Morgan fingerprint density at radius 2 is 2.03 bits per heavy atom. The van der Waals surface area contributed by atoms with Crippen LogP contribution in [0, 0.1) is 0 Å². The van der Waals surface area contributed by atoms with Crippen molar-refractivity contribution in [1.82, 2.24) is 10.0 Å². The lowest BCUT2D eigenvalue weighted by molar-refractivity contribution is -0.123. The van der Waals surface area contributed by atoms with Gasteiger partial charge in [-0.25, -0.2) is 8.42 Å². The van der Waals surface area contributed by atoms with Gasteiger partial charge in [0.15, 0.2) is 5.96 Å². The average Bonchev–Trinajstić information content (AvgIpc) is 2.69. The van der Waals surface area contributed by atoms with E-state index in [4.69, 9.17) is 16.2 Å². The molecule has 0 aromatic heterocycles. The summed E-state index contributed by atoms with van der Waals surface area (Å²) in [7, 11) is -2.33. The largest absolute Gasteiger partial charge is 0.383 e. The topological polar surface area (TPSA) is 149 Å². The van der Waals surface area contributed by atoms with Crippen molar-refractivity contribution in [2.24, 2.45) is 16.5 Å². The minimum atomic E-state index is -3.86. The van der Waals surface area contributed by atoms with Crippen LogP contribution in [0.25, 0.3) is 0 Å². The van der Waals surface area contributed by atoms with Crippen molar-refractivity contribution in [2.75, 3.05) is 26.8 Å². The number of guanidine groups is 1. The third kappa shape index (κ3) is 6.98. The fourth-order valence-electron chi connectivity index (χ4n) is 3.40. The number of nitrogens with one attached hydrogen (secondary N) is 2. The molecule has 1 unspecified atom stereocenters. The number of amides is 1. The number of rotatable bonds is 11. The van der Waals surface area contributed by atoms with Crippen LogP contribution in [0.4, 0.5) is 0 Å². The number of hydrogen-bond acceptors (Lipinski definition) is 5. The Labute approximate surface area is 172 Å². The second kappa shape index (κ2) is 11.1. The van der Waals surface area contributed by atoms with Gasteiger partial charge < -0.3 is 21.5 Å². The zero-order chi connectivity index (χ0) is 21.3. The van der Waals surface area contributed by atoms with E-state index in [2.05, 4.69) is 15.0 Å². The highest BCUT2D eigenvalue weighted by Crippen LogP contribution is 2.27. The molecule has 1 aliphatic carbocycles. The first-order valence-corrected chi connectivity index (χ1v) is 11.3. The third-order valence-corrected chi connectivity index (χ3v) is 6.36. The molecule has 10 heteroatoms. The predicted molar refractivity (Wildman–Crippen MR) is 112 cm³/mol. The molecule has 0 saturated heterocycles. The van der Waals surface area contributed by atoms with Crippen LogP contribution in [0.3, 0.4) is 0 Å². The number of fused-ring (bicyclic) bond motifs is 1. The van der Waals surface area contributed by atoms with Gasteiger partial charge in [0.25, 0.3) is 0 Å². The lowest BCUT2D eigenvalue weighted by Gasteiger charge is -2.22. The lowest BCUT2D eigenvalue weighted by Crippen LogP contribution is -2.47. The van der Waals surface area contributed by atoms with Crippen molar-refractivity contribution in [2.45, 2.75) is 49.5 Å². The van der Waals surface area contributed by atoms with E-state index in [9.17, 15) is 13.2 Å². The van der Waals surface area contributed by atoms with Gasteiger partial charge in [-0.3, -0.25) is 9.79 Å². The molecule has 1 aromatic rings. The van der Waals surface area contributed by atoms with Gasteiger partial charge in [0.1, 0.15) is 6.04 Å². The zero-order valence-electron chi connectivity index (χ0n) is 16.8. The minimum Gasteiger partial charge on any atom is -0.383 e. The molecular formula is C19H31N5O4S. The molecule has 1 atom stereocenters. The van der Waals surface area contributed by atoms with E-state index in [1.165, 1.54) is 7.11 Å².